The Balaban J connectivity index is 2.16. The van der Waals surface area contributed by atoms with Gasteiger partial charge in [-0.1, -0.05) is 19.9 Å². The lowest BCUT2D eigenvalue weighted by Crippen LogP contribution is -2.42. The smallest absolute Gasteiger partial charge is 0.416 e. The molecule has 1 atom stereocenters. The number of hydrogen-bond donors (Lipinski definition) is 0. The highest BCUT2D eigenvalue weighted by molar-refractivity contribution is 5.94. The molecule has 1 aliphatic rings. The molecule has 1 aliphatic heterocycles. The fourth-order valence-electron chi connectivity index (χ4n) is 2.46. The van der Waals surface area contributed by atoms with Gasteiger partial charge in [-0.05, 0) is 23.6 Å². The number of carbonyl (C=O) groups excluding carboxylic acids is 2. The average Bonchev–Trinajstić information content (AvgIpc) is 2.89. The molecule has 0 saturated carbocycles. The Hall–Kier alpha value is -2.24. The Labute approximate surface area is 129 Å². The molecular formula is C16H21NO5. The maximum Gasteiger partial charge on any atom is 0.416 e. The van der Waals surface area contributed by atoms with E-state index in [1.165, 1.54) is 12.0 Å². The lowest BCUT2D eigenvalue weighted by Gasteiger charge is -2.22. The van der Waals surface area contributed by atoms with Gasteiger partial charge in [-0.25, -0.2) is 9.69 Å². The quantitative estimate of drug-likeness (QED) is 0.835. The average molecular weight is 307 g/mol. The first-order valence-corrected chi connectivity index (χ1v) is 7.17. The molecule has 2 amide bonds. The molecule has 1 aromatic rings. The fourth-order valence-corrected chi connectivity index (χ4v) is 2.46. The normalized spacial score (nSPS) is 17.6. The van der Waals surface area contributed by atoms with Gasteiger partial charge in [0.2, 0.25) is 5.91 Å². The summed E-state index contributed by atoms with van der Waals surface area (Å²) >= 11 is 0. The molecule has 1 fully saturated rings. The van der Waals surface area contributed by atoms with E-state index in [-0.39, 0.29) is 30.9 Å². The number of methoxy groups -OCH3 is 2. The van der Waals surface area contributed by atoms with Crippen LogP contribution < -0.4 is 9.47 Å². The standard InChI is InChI=1S/C16H21NO5/c1-10(2)12-9-22-16(19)17(12)15(18)8-11-5-6-13(20-3)14(7-11)21-4/h5-7,10,12H,8-9H2,1-4H3/t12-/m0/s1. The first kappa shape index (κ1) is 16.1. The number of carbonyl (C=O) groups is 2. The molecule has 0 bridgehead atoms. The third kappa shape index (κ3) is 3.16. The van der Waals surface area contributed by atoms with Crippen molar-refractivity contribution in [2.24, 2.45) is 5.92 Å². The summed E-state index contributed by atoms with van der Waals surface area (Å²) in [6.45, 7) is 4.18. The predicted molar refractivity (Wildman–Crippen MR) is 80.1 cm³/mol. The second-order valence-electron chi connectivity index (χ2n) is 5.52. The van der Waals surface area contributed by atoms with Crippen molar-refractivity contribution in [3.05, 3.63) is 23.8 Å². The van der Waals surface area contributed by atoms with Crippen LogP contribution in [0, 0.1) is 5.92 Å². The minimum atomic E-state index is -0.566. The molecule has 0 radical (unpaired) electrons. The van der Waals surface area contributed by atoms with Gasteiger partial charge < -0.3 is 14.2 Å². The number of nitrogens with zero attached hydrogens (tertiary/aromatic N) is 1. The molecule has 0 aliphatic carbocycles. The second-order valence-corrected chi connectivity index (χ2v) is 5.52. The van der Waals surface area contributed by atoms with Crippen LogP contribution >= 0.6 is 0 Å². The molecule has 0 N–H and O–H groups in total. The van der Waals surface area contributed by atoms with E-state index in [0.717, 1.165) is 5.56 Å². The van der Waals surface area contributed by atoms with Gasteiger partial charge in [0, 0.05) is 0 Å². The van der Waals surface area contributed by atoms with E-state index in [4.69, 9.17) is 14.2 Å². The number of ether oxygens (including phenoxy) is 3. The summed E-state index contributed by atoms with van der Waals surface area (Å²) in [5.74, 6) is 1.03. The van der Waals surface area contributed by atoms with Crippen LogP contribution in [0.4, 0.5) is 4.79 Å². The van der Waals surface area contributed by atoms with E-state index in [1.807, 2.05) is 13.8 Å². The van der Waals surface area contributed by atoms with Crippen molar-refractivity contribution >= 4 is 12.0 Å². The molecule has 0 spiro atoms. The zero-order valence-electron chi connectivity index (χ0n) is 13.3. The molecule has 0 unspecified atom stereocenters. The van der Waals surface area contributed by atoms with Gasteiger partial charge in [-0.3, -0.25) is 4.79 Å². The molecular weight excluding hydrogens is 286 g/mol. The van der Waals surface area contributed by atoms with Gasteiger partial charge in [-0.2, -0.15) is 0 Å². The van der Waals surface area contributed by atoms with Crippen molar-refractivity contribution in [1.29, 1.82) is 0 Å². The van der Waals surface area contributed by atoms with Gasteiger partial charge in [0.15, 0.2) is 11.5 Å². The first-order chi connectivity index (χ1) is 10.5. The second kappa shape index (κ2) is 6.68. The summed E-state index contributed by atoms with van der Waals surface area (Å²) in [7, 11) is 3.09. The van der Waals surface area contributed by atoms with Gasteiger partial charge in [0.25, 0.3) is 0 Å². The molecule has 1 heterocycles. The molecule has 1 aromatic carbocycles. The van der Waals surface area contributed by atoms with Gasteiger partial charge in [0.1, 0.15) is 6.61 Å². The maximum absolute atomic E-state index is 12.4. The van der Waals surface area contributed by atoms with E-state index in [0.29, 0.717) is 11.5 Å². The summed E-state index contributed by atoms with van der Waals surface area (Å²) in [5, 5.41) is 0. The van der Waals surface area contributed by atoms with Crippen LogP contribution in [0.15, 0.2) is 18.2 Å². The van der Waals surface area contributed by atoms with E-state index < -0.39 is 6.09 Å². The van der Waals surface area contributed by atoms with Crippen LogP contribution in [-0.2, 0) is 16.0 Å². The van der Waals surface area contributed by atoms with Crippen LogP contribution in [0.25, 0.3) is 0 Å². The van der Waals surface area contributed by atoms with Crippen LogP contribution in [0.5, 0.6) is 11.5 Å². The number of imide groups is 1. The lowest BCUT2D eigenvalue weighted by atomic mass is 10.0. The topological polar surface area (TPSA) is 65.1 Å². The van der Waals surface area contributed by atoms with Crippen molar-refractivity contribution < 1.29 is 23.8 Å². The molecule has 2 rings (SSSR count). The minimum absolute atomic E-state index is 0.110. The Morgan fingerprint density at radius 3 is 2.59 bits per heavy atom. The molecule has 6 heteroatoms. The summed E-state index contributed by atoms with van der Waals surface area (Å²) in [5.41, 5.74) is 0.754. The van der Waals surface area contributed by atoms with E-state index in [9.17, 15) is 9.59 Å². The Kier molecular flexibility index (Phi) is 4.90. The van der Waals surface area contributed by atoms with Crippen molar-refractivity contribution in [3.63, 3.8) is 0 Å². The summed E-state index contributed by atoms with van der Waals surface area (Å²) < 4.78 is 15.4. The van der Waals surface area contributed by atoms with E-state index >= 15 is 0 Å². The zero-order valence-corrected chi connectivity index (χ0v) is 13.3. The number of benzene rings is 1. The minimum Gasteiger partial charge on any atom is -0.493 e. The number of cyclic esters (lactones) is 1. The van der Waals surface area contributed by atoms with Crippen molar-refractivity contribution in [2.45, 2.75) is 26.3 Å². The number of hydrogen-bond acceptors (Lipinski definition) is 5. The Bertz CT molecular complexity index is 570. The van der Waals surface area contributed by atoms with Crippen molar-refractivity contribution in [1.82, 2.24) is 4.90 Å². The van der Waals surface area contributed by atoms with Gasteiger partial charge in [0.05, 0.1) is 26.7 Å². The number of rotatable bonds is 5. The molecule has 22 heavy (non-hydrogen) atoms. The highest BCUT2D eigenvalue weighted by Gasteiger charge is 2.39. The van der Waals surface area contributed by atoms with Crippen LogP contribution in [0.2, 0.25) is 0 Å². The van der Waals surface area contributed by atoms with Gasteiger partial charge in [-0.15, -0.1) is 0 Å². The lowest BCUT2D eigenvalue weighted by molar-refractivity contribution is -0.129. The molecule has 0 aromatic heterocycles. The highest BCUT2D eigenvalue weighted by Crippen LogP contribution is 2.28. The monoisotopic (exact) mass is 307 g/mol. The van der Waals surface area contributed by atoms with Crippen LogP contribution in [0.1, 0.15) is 19.4 Å². The third-order valence-electron chi connectivity index (χ3n) is 3.75. The van der Waals surface area contributed by atoms with Gasteiger partial charge >= 0.3 is 6.09 Å². The van der Waals surface area contributed by atoms with Crippen LogP contribution in [0.3, 0.4) is 0 Å². The molecule has 120 valence electrons. The van der Waals surface area contributed by atoms with E-state index in [2.05, 4.69) is 0 Å². The largest absolute Gasteiger partial charge is 0.493 e. The zero-order chi connectivity index (χ0) is 16.3. The number of amides is 2. The molecule has 1 saturated heterocycles. The highest BCUT2D eigenvalue weighted by atomic mass is 16.6. The van der Waals surface area contributed by atoms with Crippen molar-refractivity contribution in [3.8, 4) is 11.5 Å². The van der Waals surface area contributed by atoms with E-state index in [1.54, 1.807) is 25.3 Å². The fraction of sp³-hybridized carbons (Fsp3) is 0.500. The maximum atomic E-state index is 12.4. The summed E-state index contributed by atoms with van der Waals surface area (Å²) in [6, 6.07) is 5.05. The summed E-state index contributed by atoms with van der Waals surface area (Å²) in [6.07, 6.45) is -0.456. The molecule has 6 nitrogen and oxygen atoms in total. The first-order valence-electron chi connectivity index (χ1n) is 7.17. The predicted octanol–water partition coefficient (Wildman–Crippen LogP) is 2.25. The Morgan fingerprint density at radius 1 is 1.32 bits per heavy atom. The summed E-state index contributed by atoms with van der Waals surface area (Å²) in [4.78, 5) is 25.5. The Morgan fingerprint density at radius 2 is 2.00 bits per heavy atom. The SMILES string of the molecule is COc1ccc(CC(=O)N2C(=O)OC[C@H]2C(C)C)cc1OC. The third-order valence-corrected chi connectivity index (χ3v) is 3.75. The van der Waals surface area contributed by atoms with Crippen LogP contribution in [-0.4, -0.2) is 43.8 Å². The van der Waals surface area contributed by atoms with Crippen molar-refractivity contribution in [2.75, 3.05) is 20.8 Å².